The molecule has 0 aliphatic carbocycles. The van der Waals surface area contributed by atoms with Gasteiger partial charge in [0.1, 0.15) is 0 Å². The normalized spacial score (nSPS) is 9.67. The van der Waals surface area contributed by atoms with E-state index in [1.165, 1.54) is 30.3 Å². The molecule has 0 fully saturated rings. The van der Waals surface area contributed by atoms with E-state index in [1.807, 2.05) is 6.92 Å². The molecule has 0 aromatic heterocycles. The molecule has 202 valence electrons. The Morgan fingerprint density at radius 2 is 1.31 bits per heavy atom. The van der Waals surface area contributed by atoms with Crippen molar-refractivity contribution >= 4 is 35.6 Å². The molecule has 0 radical (unpaired) electrons. The lowest BCUT2D eigenvalue weighted by molar-refractivity contribution is -0.385. The van der Waals surface area contributed by atoms with E-state index >= 15 is 0 Å². The number of nitro groups is 1. The van der Waals surface area contributed by atoms with Crippen molar-refractivity contribution in [2.24, 2.45) is 5.73 Å². The van der Waals surface area contributed by atoms with Crippen molar-refractivity contribution in [3.05, 3.63) is 57.6 Å². The number of aromatic hydroxyl groups is 2. The number of nitrogens with zero attached hydrogens (tertiary/aromatic N) is 1. The van der Waals surface area contributed by atoms with Gasteiger partial charge in [-0.3, -0.25) is 19.7 Å². The van der Waals surface area contributed by atoms with E-state index < -0.39 is 47.3 Å². The number of amides is 2. The van der Waals surface area contributed by atoms with Gasteiger partial charge in [0, 0.05) is 6.07 Å². The van der Waals surface area contributed by atoms with Crippen LogP contribution >= 0.6 is 12.4 Å². The molecular formula is C20H30ClN5O10. The molecule has 0 saturated heterocycles. The van der Waals surface area contributed by atoms with E-state index in [0.29, 0.717) is 0 Å². The summed E-state index contributed by atoms with van der Waals surface area (Å²) in [7, 11) is 0. The fourth-order valence-corrected chi connectivity index (χ4v) is 2.16. The quantitative estimate of drug-likeness (QED) is 0.0653. The Balaban J connectivity index is 0. The van der Waals surface area contributed by atoms with Crippen LogP contribution in [0.3, 0.4) is 0 Å². The predicted octanol–water partition coefficient (Wildman–Crippen LogP) is -1.26. The molecule has 2 aromatic carbocycles. The van der Waals surface area contributed by atoms with E-state index in [9.17, 15) is 29.9 Å². The van der Waals surface area contributed by atoms with Gasteiger partial charge in [-0.15, -0.1) is 12.4 Å². The minimum atomic E-state index is -1.74. The van der Waals surface area contributed by atoms with Gasteiger partial charge in [-0.25, -0.2) is 0 Å². The first kappa shape index (κ1) is 34.4. The third-order valence-corrected chi connectivity index (χ3v) is 3.66. The molecule has 2 aromatic rings. The molecule has 0 bridgehead atoms. The van der Waals surface area contributed by atoms with Crippen molar-refractivity contribution in [2.45, 2.75) is 19.5 Å². The van der Waals surface area contributed by atoms with Crippen LogP contribution in [0.2, 0.25) is 0 Å². The second-order valence-corrected chi connectivity index (χ2v) is 6.46. The second-order valence-electron chi connectivity index (χ2n) is 6.46. The summed E-state index contributed by atoms with van der Waals surface area (Å²) in [5.41, 5.74) is 9.42. The van der Waals surface area contributed by atoms with Crippen LogP contribution in [-0.4, -0.2) is 79.6 Å². The lowest BCUT2D eigenvalue weighted by Crippen LogP contribution is -2.31. The highest BCUT2D eigenvalue weighted by Gasteiger charge is 2.20. The molecule has 12 N–H and O–H groups in total. The summed E-state index contributed by atoms with van der Waals surface area (Å²) in [6.07, 6.45) is -3.36. The van der Waals surface area contributed by atoms with Gasteiger partial charge >= 0.3 is 5.69 Å². The average Bonchev–Trinajstić information content (AvgIpc) is 2.78. The molecule has 0 aliphatic rings. The van der Waals surface area contributed by atoms with E-state index in [4.69, 9.17) is 31.9 Å². The number of hydrogen-bond donors (Lipinski definition) is 10. The number of carbonyl (C=O) groups is 2. The number of rotatable bonds is 7. The number of para-hydroxylation sites is 2. The molecule has 0 aliphatic heterocycles. The van der Waals surface area contributed by atoms with Crippen LogP contribution in [0.1, 0.15) is 27.6 Å². The number of nitro benzene ring substituents is 1. The molecule has 0 saturated carbocycles. The van der Waals surface area contributed by atoms with Gasteiger partial charge in [0.15, 0.2) is 18.3 Å². The zero-order valence-electron chi connectivity index (χ0n) is 19.1. The van der Waals surface area contributed by atoms with Crippen LogP contribution in [0.5, 0.6) is 11.5 Å². The number of aliphatic hydroxyl groups excluding tert-OH is 2. The molecule has 16 heteroatoms. The summed E-state index contributed by atoms with van der Waals surface area (Å²) >= 11 is 0. The maximum Gasteiger partial charge on any atom is 0.311 e. The highest BCUT2D eigenvalue weighted by atomic mass is 35.5. The molecule has 36 heavy (non-hydrogen) atoms. The SMILES string of the molecule is CCN.Cl.Nc1cccc(C(=O)NCC(O)O)c1O.O=C(NCC(O)O)c1cccc([N+](=O)[O-])c1O. The number of nitrogens with two attached hydrogens (primary N) is 2. The summed E-state index contributed by atoms with van der Waals surface area (Å²) in [6.45, 7) is 1.90. The molecule has 0 unspecified atom stereocenters. The van der Waals surface area contributed by atoms with Crippen molar-refractivity contribution < 1.29 is 45.2 Å². The van der Waals surface area contributed by atoms with Gasteiger partial charge in [0.25, 0.3) is 11.8 Å². The summed E-state index contributed by atoms with van der Waals surface area (Å²) < 4.78 is 0. The highest BCUT2D eigenvalue weighted by Crippen LogP contribution is 2.29. The van der Waals surface area contributed by atoms with Crippen LogP contribution in [-0.2, 0) is 0 Å². The number of carbonyl (C=O) groups excluding carboxylic acids is 2. The number of nitrogen functional groups attached to an aromatic ring is 1. The monoisotopic (exact) mass is 535 g/mol. The van der Waals surface area contributed by atoms with Crippen molar-refractivity contribution in [1.29, 1.82) is 0 Å². The Hall–Kier alpha value is -3.73. The maximum atomic E-state index is 11.4. The third kappa shape index (κ3) is 12.1. The first-order valence-electron chi connectivity index (χ1n) is 9.89. The minimum absolute atomic E-state index is 0. The Morgan fingerprint density at radius 3 is 1.69 bits per heavy atom. The fourth-order valence-electron chi connectivity index (χ4n) is 2.16. The van der Waals surface area contributed by atoms with E-state index in [-0.39, 0.29) is 41.5 Å². The predicted molar refractivity (Wildman–Crippen MR) is 130 cm³/mol. The van der Waals surface area contributed by atoms with Crippen molar-refractivity contribution in [1.82, 2.24) is 10.6 Å². The van der Waals surface area contributed by atoms with Crippen LogP contribution in [0.15, 0.2) is 36.4 Å². The first-order chi connectivity index (χ1) is 16.4. The first-order valence-corrected chi connectivity index (χ1v) is 9.89. The van der Waals surface area contributed by atoms with E-state index in [1.54, 1.807) is 0 Å². The number of phenols is 2. The van der Waals surface area contributed by atoms with Gasteiger partial charge in [0.05, 0.1) is 34.8 Å². The lowest BCUT2D eigenvalue weighted by atomic mass is 10.1. The number of halogens is 1. The molecule has 0 atom stereocenters. The van der Waals surface area contributed by atoms with Crippen molar-refractivity contribution in [3.63, 3.8) is 0 Å². The lowest BCUT2D eigenvalue weighted by Gasteiger charge is -2.08. The average molecular weight is 536 g/mol. The molecule has 0 spiro atoms. The maximum absolute atomic E-state index is 11.4. The Bertz CT molecular complexity index is 991. The van der Waals surface area contributed by atoms with Gasteiger partial charge < -0.3 is 52.7 Å². The number of aliphatic hydroxyl groups is 4. The van der Waals surface area contributed by atoms with Gasteiger partial charge in [-0.2, -0.15) is 0 Å². The number of anilines is 1. The summed E-state index contributed by atoms with van der Waals surface area (Å²) in [5, 5.41) is 67.8. The second kappa shape index (κ2) is 17.7. The van der Waals surface area contributed by atoms with Crippen LogP contribution in [0.4, 0.5) is 11.4 Å². The molecule has 2 rings (SSSR count). The largest absolute Gasteiger partial charge is 0.505 e. The number of hydrogen-bond acceptors (Lipinski definition) is 12. The topological polar surface area (TPSA) is 275 Å². The Labute approximate surface area is 211 Å². The van der Waals surface area contributed by atoms with Crippen molar-refractivity contribution in [2.75, 3.05) is 25.4 Å². The Kier molecular flexibility index (Phi) is 16.9. The van der Waals surface area contributed by atoms with Crippen LogP contribution in [0.25, 0.3) is 0 Å². The number of nitrogens with one attached hydrogen (secondary N) is 2. The zero-order chi connectivity index (χ0) is 27.1. The third-order valence-electron chi connectivity index (χ3n) is 3.66. The highest BCUT2D eigenvalue weighted by molar-refractivity contribution is 5.98. The Morgan fingerprint density at radius 1 is 0.917 bits per heavy atom. The number of benzene rings is 2. The molecule has 2 amide bonds. The summed E-state index contributed by atoms with van der Waals surface area (Å²) in [6, 6.07) is 7.81. The summed E-state index contributed by atoms with van der Waals surface area (Å²) in [4.78, 5) is 32.5. The molecule has 0 heterocycles. The van der Waals surface area contributed by atoms with E-state index in [2.05, 4.69) is 10.6 Å². The van der Waals surface area contributed by atoms with E-state index in [0.717, 1.165) is 12.6 Å². The number of phenolic OH excluding ortho intramolecular Hbond substituents is 2. The minimum Gasteiger partial charge on any atom is -0.505 e. The standard InChI is InChI=1S/C9H10N2O6.C9H12N2O4.C2H7N.ClH/c12-7(13)4-10-9(15)5-2-1-3-6(8(5)14)11(16)17;10-6-3-1-2-5(8(6)14)9(15)11-4-7(12)13;1-2-3;/h1-3,7,12-14H,4H2,(H,10,15);1-3,7,12-14H,4,10H2,(H,11,15);2-3H2,1H3;1H. The van der Waals surface area contributed by atoms with Gasteiger partial charge in [-0.1, -0.05) is 19.1 Å². The van der Waals surface area contributed by atoms with Gasteiger partial charge in [-0.05, 0) is 24.7 Å². The molecular weight excluding hydrogens is 506 g/mol. The van der Waals surface area contributed by atoms with Crippen LogP contribution in [0, 0.1) is 10.1 Å². The molecule has 15 nitrogen and oxygen atoms in total. The van der Waals surface area contributed by atoms with Crippen LogP contribution < -0.4 is 22.1 Å². The van der Waals surface area contributed by atoms with Gasteiger partial charge in [0.2, 0.25) is 5.75 Å². The summed E-state index contributed by atoms with van der Waals surface area (Å²) in [5.74, 6) is -2.53. The fraction of sp³-hybridized carbons (Fsp3) is 0.300. The smallest absolute Gasteiger partial charge is 0.311 e. The van der Waals surface area contributed by atoms with Crippen molar-refractivity contribution in [3.8, 4) is 11.5 Å². The zero-order valence-corrected chi connectivity index (χ0v) is 19.9.